The van der Waals surface area contributed by atoms with Gasteiger partial charge in [-0.25, -0.2) is 4.39 Å². The van der Waals surface area contributed by atoms with Crippen LogP contribution in [-0.4, -0.2) is 22.7 Å². The summed E-state index contributed by atoms with van der Waals surface area (Å²) >= 11 is 0. The molecule has 0 aliphatic rings. The highest BCUT2D eigenvalue weighted by atomic mass is 19.1. The number of aromatic nitrogens is 1. The zero-order valence-electron chi connectivity index (χ0n) is 10.5. The summed E-state index contributed by atoms with van der Waals surface area (Å²) in [5.41, 5.74) is 1.36. The van der Waals surface area contributed by atoms with E-state index in [1.165, 1.54) is 0 Å². The number of rotatable bonds is 6. The van der Waals surface area contributed by atoms with Gasteiger partial charge in [0.1, 0.15) is 6.10 Å². The Hall–Kier alpha value is -1.78. The van der Waals surface area contributed by atoms with Gasteiger partial charge < -0.3 is 10.4 Å². The highest BCUT2D eigenvalue weighted by Crippen LogP contribution is 2.20. The molecule has 0 spiro atoms. The lowest BCUT2D eigenvalue weighted by molar-refractivity contribution is 0.0768. The quantitative estimate of drug-likeness (QED) is 0.837. The van der Waals surface area contributed by atoms with Crippen LogP contribution in [0.1, 0.15) is 17.4 Å². The van der Waals surface area contributed by atoms with Crippen molar-refractivity contribution in [2.45, 2.75) is 18.8 Å². The lowest BCUT2D eigenvalue weighted by Gasteiger charge is -2.16. The van der Waals surface area contributed by atoms with Gasteiger partial charge in [0.2, 0.25) is 0 Å². The zero-order chi connectivity index (χ0) is 13.5. The molecule has 2 N–H and O–H groups in total. The highest BCUT2D eigenvalue weighted by Gasteiger charge is 2.19. The minimum Gasteiger partial charge on any atom is -0.388 e. The largest absolute Gasteiger partial charge is 0.388 e. The topological polar surface area (TPSA) is 45.1 Å². The molecule has 2 rings (SSSR count). The number of alkyl halides is 1. The Morgan fingerprint density at radius 1 is 1.11 bits per heavy atom. The van der Waals surface area contributed by atoms with E-state index in [0.29, 0.717) is 12.1 Å². The van der Waals surface area contributed by atoms with Gasteiger partial charge >= 0.3 is 0 Å². The smallest absolute Gasteiger partial charge is 0.152 e. The van der Waals surface area contributed by atoms with Crippen LogP contribution in [0, 0.1) is 0 Å². The van der Waals surface area contributed by atoms with Gasteiger partial charge in [-0.1, -0.05) is 36.4 Å². The average Bonchev–Trinajstić information content (AvgIpc) is 2.48. The molecule has 0 bridgehead atoms. The monoisotopic (exact) mass is 260 g/mol. The van der Waals surface area contributed by atoms with Gasteiger partial charge in [0, 0.05) is 19.3 Å². The minimum atomic E-state index is -1.38. The summed E-state index contributed by atoms with van der Waals surface area (Å²) in [4.78, 5) is 4.14. The van der Waals surface area contributed by atoms with Crippen molar-refractivity contribution in [3.05, 3.63) is 66.0 Å². The molecule has 100 valence electrons. The summed E-state index contributed by atoms with van der Waals surface area (Å²) in [5, 5.41) is 12.8. The third kappa shape index (κ3) is 4.12. The molecule has 0 saturated heterocycles. The summed E-state index contributed by atoms with van der Waals surface area (Å²) in [5.74, 6) is 0. The molecule has 0 radical (unpaired) electrons. The van der Waals surface area contributed by atoms with E-state index in [2.05, 4.69) is 10.3 Å². The van der Waals surface area contributed by atoms with Crippen molar-refractivity contribution in [1.29, 1.82) is 0 Å². The number of hydrogen-bond donors (Lipinski definition) is 2. The predicted molar refractivity (Wildman–Crippen MR) is 72.2 cm³/mol. The van der Waals surface area contributed by atoms with Crippen molar-refractivity contribution in [2.75, 3.05) is 6.54 Å². The van der Waals surface area contributed by atoms with Crippen LogP contribution >= 0.6 is 0 Å². The molecule has 0 unspecified atom stereocenters. The first kappa shape index (κ1) is 13.6. The van der Waals surface area contributed by atoms with Gasteiger partial charge in [-0.05, 0) is 17.7 Å². The first-order chi connectivity index (χ1) is 9.27. The maximum Gasteiger partial charge on any atom is 0.152 e. The number of aliphatic hydroxyl groups is 1. The average molecular weight is 260 g/mol. The van der Waals surface area contributed by atoms with E-state index in [4.69, 9.17) is 0 Å². The van der Waals surface area contributed by atoms with Crippen LogP contribution in [0.3, 0.4) is 0 Å². The van der Waals surface area contributed by atoms with Gasteiger partial charge in [0.05, 0.1) is 5.69 Å². The summed E-state index contributed by atoms with van der Waals surface area (Å²) in [6.07, 6.45) is -0.737. The van der Waals surface area contributed by atoms with E-state index in [1.54, 1.807) is 30.5 Å². The molecule has 0 fully saturated rings. The normalized spacial score (nSPS) is 14.0. The second kappa shape index (κ2) is 6.97. The van der Waals surface area contributed by atoms with Gasteiger partial charge in [-0.15, -0.1) is 0 Å². The molecule has 3 nitrogen and oxygen atoms in total. The van der Waals surface area contributed by atoms with Crippen LogP contribution < -0.4 is 5.32 Å². The zero-order valence-corrected chi connectivity index (χ0v) is 10.5. The standard InChI is InChI=1S/C15H17FN2O/c16-15(12-6-2-1-3-7-12)14(19)11-17-10-13-8-4-5-9-18-13/h1-9,14-15,17,19H,10-11H2/t14-,15+/m0/s1. The van der Waals surface area contributed by atoms with Gasteiger partial charge in [-0.2, -0.15) is 0 Å². The van der Waals surface area contributed by atoms with Crippen LogP contribution in [0.5, 0.6) is 0 Å². The van der Waals surface area contributed by atoms with E-state index >= 15 is 0 Å². The Bertz CT molecular complexity index is 478. The van der Waals surface area contributed by atoms with Crippen molar-refractivity contribution >= 4 is 0 Å². The second-order valence-corrected chi connectivity index (χ2v) is 4.33. The third-order valence-corrected chi connectivity index (χ3v) is 2.84. The molecule has 19 heavy (non-hydrogen) atoms. The number of pyridine rings is 1. The van der Waals surface area contributed by atoms with E-state index < -0.39 is 12.3 Å². The van der Waals surface area contributed by atoms with E-state index in [9.17, 15) is 9.50 Å². The summed E-state index contributed by atoms with van der Waals surface area (Å²) < 4.78 is 13.9. The maximum absolute atomic E-state index is 13.9. The molecule has 1 heterocycles. The van der Waals surface area contributed by atoms with Crippen molar-refractivity contribution in [3.8, 4) is 0 Å². The van der Waals surface area contributed by atoms with E-state index in [-0.39, 0.29) is 6.54 Å². The van der Waals surface area contributed by atoms with Crippen LogP contribution in [0.15, 0.2) is 54.7 Å². The van der Waals surface area contributed by atoms with Gasteiger partial charge in [0.25, 0.3) is 0 Å². The molecule has 0 amide bonds. The van der Waals surface area contributed by atoms with Crippen LogP contribution in [0.25, 0.3) is 0 Å². The number of hydrogen-bond acceptors (Lipinski definition) is 3. The third-order valence-electron chi connectivity index (χ3n) is 2.84. The van der Waals surface area contributed by atoms with Crippen LogP contribution in [-0.2, 0) is 6.54 Å². The fourth-order valence-electron chi connectivity index (χ4n) is 1.81. The number of halogens is 1. The first-order valence-corrected chi connectivity index (χ1v) is 6.25. The lowest BCUT2D eigenvalue weighted by Crippen LogP contribution is -2.30. The molecule has 2 aromatic rings. The van der Waals surface area contributed by atoms with Crippen molar-refractivity contribution in [2.24, 2.45) is 0 Å². The molecular weight excluding hydrogens is 243 g/mol. The highest BCUT2D eigenvalue weighted by molar-refractivity contribution is 5.18. The predicted octanol–water partition coefficient (Wildman–Crippen LogP) is 2.24. The van der Waals surface area contributed by atoms with Crippen LogP contribution in [0.4, 0.5) is 4.39 Å². The fourth-order valence-corrected chi connectivity index (χ4v) is 1.81. The Labute approximate surface area is 112 Å². The maximum atomic E-state index is 13.9. The van der Waals surface area contributed by atoms with Gasteiger partial charge in [-0.3, -0.25) is 4.98 Å². The van der Waals surface area contributed by atoms with Crippen LogP contribution in [0.2, 0.25) is 0 Å². The number of aliphatic hydroxyl groups excluding tert-OH is 1. The molecular formula is C15H17FN2O. The number of nitrogens with one attached hydrogen (secondary N) is 1. The number of nitrogens with zero attached hydrogens (tertiary/aromatic N) is 1. The van der Waals surface area contributed by atoms with Crippen molar-refractivity contribution in [3.63, 3.8) is 0 Å². The minimum absolute atomic E-state index is 0.187. The van der Waals surface area contributed by atoms with Crippen molar-refractivity contribution < 1.29 is 9.50 Å². The molecule has 4 heteroatoms. The molecule has 1 aromatic heterocycles. The fraction of sp³-hybridized carbons (Fsp3) is 0.267. The Morgan fingerprint density at radius 2 is 1.84 bits per heavy atom. The van der Waals surface area contributed by atoms with Gasteiger partial charge in [0.15, 0.2) is 6.17 Å². The second-order valence-electron chi connectivity index (χ2n) is 4.33. The van der Waals surface area contributed by atoms with E-state index in [0.717, 1.165) is 5.69 Å². The van der Waals surface area contributed by atoms with E-state index in [1.807, 2.05) is 24.3 Å². The molecule has 0 aliphatic carbocycles. The summed E-state index contributed by atoms with van der Waals surface area (Å²) in [6.45, 7) is 0.700. The summed E-state index contributed by atoms with van der Waals surface area (Å²) in [7, 11) is 0. The molecule has 1 aromatic carbocycles. The molecule has 0 saturated carbocycles. The SMILES string of the molecule is O[C@@H](CNCc1ccccn1)[C@H](F)c1ccccc1. The number of benzene rings is 1. The first-order valence-electron chi connectivity index (χ1n) is 6.25. The molecule has 2 atom stereocenters. The Kier molecular flexibility index (Phi) is 5.01. The lowest BCUT2D eigenvalue weighted by atomic mass is 10.1. The Balaban J connectivity index is 1.80. The summed E-state index contributed by atoms with van der Waals surface area (Å²) in [6, 6.07) is 14.3. The van der Waals surface area contributed by atoms with Crippen molar-refractivity contribution in [1.82, 2.24) is 10.3 Å². The molecule has 0 aliphatic heterocycles. The Morgan fingerprint density at radius 3 is 2.53 bits per heavy atom.